The van der Waals surface area contributed by atoms with Crippen LogP contribution in [0.3, 0.4) is 0 Å². The molecule has 19 heavy (non-hydrogen) atoms. The SMILES string of the molecule is CCC1CCC(Oc2ccc(C)cc2[C@@H](C)N)CC1. The molecule has 2 N–H and O–H groups in total. The molecule has 0 amide bonds. The molecule has 1 saturated carbocycles. The Bertz CT molecular complexity index is 406. The summed E-state index contributed by atoms with van der Waals surface area (Å²) in [5.74, 6) is 1.89. The van der Waals surface area contributed by atoms with Gasteiger partial charge < -0.3 is 10.5 Å². The summed E-state index contributed by atoms with van der Waals surface area (Å²) in [5, 5.41) is 0. The molecule has 1 aliphatic rings. The van der Waals surface area contributed by atoms with Gasteiger partial charge in [-0.2, -0.15) is 0 Å². The molecule has 2 rings (SSSR count). The summed E-state index contributed by atoms with van der Waals surface area (Å²) in [6, 6.07) is 6.37. The molecule has 0 aliphatic heterocycles. The molecule has 1 aromatic rings. The highest BCUT2D eigenvalue weighted by Gasteiger charge is 2.22. The molecule has 0 saturated heterocycles. The second kappa shape index (κ2) is 6.42. The van der Waals surface area contributed by atoms with Crippen molar-refractivity contribution in [2.24, 2.45) is 11.7 Å². The average Bonchev–Trinajstić information content (AvgIpc) is 2.41. The highest BCUT2D eigenvalue weighted by molar-refractivity contribution is 5.38. The third-order valence-electron chi connectivity index (χ3n) is 4.32. The largest absolute Gasteiger partial charge is 0.490 e. The number of benzene rings is 1. The van der Waals surface area contributed by atoms with Gasteiger partial charge in [0.15, 0.2) is 0 Å². The zero-order chi connectivity index (χ0) is 13.8. The average molecular weight is 261 g/mol. The zero-order valence-electron chi connectivity index (χ0n) is 12.5. The van der Waals surface area contributed by atoms with Crippen LogP contribution in [0.4, 0.5) is 0 Å². The first-order chi connectivity index (χ1) is 9.10. The summed E-state index contributed by atoms with van der Waals surface area (Å²) in [5.41, 5.74) is 8.43. The van der Waals surface area contributed by atoms with E-state index >= 15 is 0 Å². The van der Waals surface area contributed by atoms with E-state index in [4.69, 9.17) is 10.5 Å². The molecular weight excluding hydrogens is 234 g/mol. The predicted molar refractivity (Wildman–Crippen MR) is 80.4 cm³/mol. The number of hydrogen-bond donors (Lipinski definition) is 1. The van der Waals surface area contributed by atoms with E-state index in [1.165, 1.54) is 37.7 Å². The van der Waals surface area contributed by atoms with Crippen molar-refractivity contribution in [2.75, 3.05) is 0 Å². The minimum Gasteiger partial charge on any atom is -0.490 e. The summed E-state index contributed by atoms with van der Waals surface area (Å²) >= 11 is 0. The van der Waals surface area contributed by atoms with Crippen molar-refractivity contribution in [1.29, 1.82) is 0 Å². The maximum Gasteiger partial charge on any atom is 0.124 e. The highest BCUT2D eigenvalue weighted by atomic mass is 16.5. The lowest BCUT2D eigenvalue weighted by atomic mass is 9.86. The monoisotopic (exact) mass is 261 g/mol. The van der Waals surface area contributed by atoms with Crippen LogP contribution in [0.2, 0.25) is 0 Å². The Morgan fingerprint density at radius 1 is 1.26 bits per heavy atom. The van der Waals surface area contributed by atoms with E-state index in [9.17, 15) is 0 Å². The van der Waals surface area contributed by atoms with Gasteiger partial charge in [-0.1, -0.05) is 31.0 Å². The molecule has 1 aromatic carbocycles. The fraction of sp³-hybridized carbons (Fsp3) is 0.647. The standard InChI is InChI=1S/C17H27NO/c1-4-14-6-8-15(9-7-14)19-17-10-5-12(2)11-16(17)13(3)18/h5,10-11,13-15H,4,6-9,18H2,1-3H3/t13-,14?,15?/m1/s1. The van der Waals surface area contributed by atoms with E-state index in [0.717, 1.165) is 17.2 Å². The minimum atomic E-state index is 0.0295. The van der Waals surface area contributed by atoms with E-state index in [-0.39, 0.29) is 6.04 Å². The highest BCUT2D eigenvalue weighted by Crippen LogP contribution is 2.32. The van der Waals surface area contributed by atoms with Gasteiger partial charge in [-0.25, -0.2) is 0 Å². The van der Waals surface area contributed by atoms with Crippen molar-refractivity contribution >= 4 is 0 Å². The number of nitrogens with two attached hydrogens (primary N) is 1. The summed E-state index contributed by atoms with van der Waals surface area (Å²) in [4.78, 5) is 0. The molecule has 0 spiro atoms. The summed E-state index contributed by atoms with van der Waals surface area (Å²) < 4.78 is 6.22. The van der Waals surface area contributed by atoms with Crippen molar-refractivity contribution in [3.05, 3.63) is 29.3 Å². The van der Waals surface area contributed by atoms with Gasteiger partial charge in [-0.3, -0.25) is 0 Å². The molecule has 106 valence electrons. The Morgan fingerprint density at radius 2 is 1.95 bits per heavy atom. The first kappa shape index (κ1) is 14.4. The Hall–Kier alpha value is -1.02. The molecule has 0 radical (unpaired) electrons. The van der Waals surface area contributed by atoms with Crippen LogP contribution in [0.1, 0.15) is 63.1 Å². The van der Waals surface area contributed by atoms with Crippen LogP contribution in [-0.4, -0.2) is 6.10 Å². The van der Waals surface area contributed by atoms with Gasteiger partial charge in [-0.15, -0.1) is 0 Å². The Morgan fingerprint density at radius 3 is 2.53 bits per heavy atom. The number of ether oxygens (including phenoxy) is 1. The zero-order valence-corrected chi connectivity index (χ0v) is 12.5. The smallest absolute Gasteiger partial charge is 0.124 e. The van der Waals surface area contributed by atoms with E-state index in [1.807, 2.05) is 6.92 Å². The maximum atomic E-state index is 6.22. The van der Waals surface area contributed by atoms with E-state index < -0.39 is 0 Å². The van der Waals surface area contributed by atoms with Crippen LogP contribution in [0.15, 0.2) is 18.2 Å². The van der Waals surface area contributed by atoms with Crippen molar-refractivity contribution in [3.8, 4) is 5.75 Å². The number of hydrogen-bond acceptors (Lipinski definition) is 2. The van der Waals surface area contributed by atoms with Crippen LogP contribution < -0.4 is 10.5 Å². The van der Waals surface area contributed by atoms with E-state index in [1.54, 1.807) is 0 Å². The fourth-order valence-corrected chi connectivity index (χ4v) is 2.97. The van der Waals surface area contributed by atoms with Crippen molar-refractivity contribution in [3.63, 3.8) is 0 Å². The van der Waals surface area contributed by atoms with Gasteiger partial charge in [0, 0.05) is 11.6 Å². The maximum absolute atomic E-state index is 6.22. The molecular formula is C17H27NO. The topological polar surface area (TPSA) is 35.2 Å². The lowest BCUT2D eigenvalue weighted by Gasteiger charge is -2.29. The summed E-state index contributed by atoms with van der Waals surface area (Å²) in [6.45, 7) is 6.41. The third kappa shape index (κ3) is 3.73. The van der Waals surface area contributed by atoms with Gasteiger partial charge in [0.05, 0.1) is 6.10 Å². The first-order valence-electron chi connectivity index (χ1n) is 7.63. The predicted octanol–water partition coefficient (Wildman–Crippen LogP) is 4.36. The Kier molecular flexibility index (Phi) is 4.87. The third-order valence-corrected chi connectivity index (χ3v) is 4.32. The molecule has 0 aromatic heterocycles. The molecule has 1 aliphatic carbocycles. The number of rotatable bonds is 4. The van der Waals surface area contributed by atoms with Crippen LogP contribution in [0.25, 0.3) is 0 Å². The van der Waals surface area contributed by atoms with Crippen LogP contribution in [-0.2, 0) is 0 Å². The van der Waals surface area contributed by atoms with Crippen LogP contribution in [0, 0.1) is 12.8 Å². The number of aryl methyl sites for hydroxylation is 1. The second-order valence-corrected chi connectivity index (χ2v) is 6.00. The van der Waals surface area contributed by atoms with Crippen molar-refractivity contribution in [2.45, 2.75) is 65.0 Å². The lowest BCUT2D eigenvalue weighted by Crippen LogP contribution is -2.24. The van der Waals surface area contributed by atoms with Gasteiger partial charge >= 0.3 is 0 Å². The van der Waals surface area contributed by atoms with E-state index in [2.05, 4.69) is 32.0 Å². The van der Waals surface area contributed by atoms with Gasteiger partial charge in [-0.05, 0) is 51.5 Å². The van der Waals surface area contributed by atoms with Gasteiger partial charge in [0.1, 0.15) is 5.75 Å². The second-order valence-electron chi connectivity index (χ2n) is 6.00. The summed E-state index contributed by atoms with van der Waals surface area (Å²) in [7, 11) is 0. The van der Waals surface area contributed by atoms with Gasteiger partial charge in [0.25, 0.3) is 0 Å². The van der Waals surface area contributed by atoms with Crippen molar-refractivity contribution in [1.82, 2.24) is 0 Å². The molecule has 1 atom stereocenters. The minimum absolute atomic E-state index is 0.0295. The molecule has 1 fully saturated rings. The molecule has 0 heterocycles. The van der Waals surface area contributed by atoms with Crippen molar-refractivity contribution < 1.29 is 4.74 Å². The van der Waals surface area contributed by atoms with Gasteiger partial charge in [0.2, 0.25) is 0 Å². The molecule has 2 heteroatoms. The molecule has 2 nitrogen and oxygen atoms in total. The lowest BCUT2D eigenvalue weighted by molar-refractivity contribution is 0.128. The van der Waals surface area contributed by atoms with Crippen LogP contribution in [0.5, 0.6) is 5.75 Å². The molecule has 0 unspecified atom stereocenters. The van der Waals surface area contributed by atoms with Crippen LogP contribution >= 0.6 is 0 Å². The fourth-order valence-electron chi connectivity index (χ4n) is 2.97. The molecule has 0 bridgehead atoms. The normalized spacial score (nSPS) is 25.1. The Balaban J connectivity index is 2.03. The first-order valence-corrected chi connectivity index (χ1v) is 7.63. The van der Waals surface area contributed by atoms with E-state index in [0.29, 0.717) is 6.10 Å². The Labute approximate surface area is 117 Å². The summed E-state index contributed by atoms with van der Waals surface area (Å²) in [6.07, 6.45) is 6.67. The quantitative estimate of drug-likeness (QED) is 0.874.